The van der Waals surface area contributed by atoms with Crippen molar-refractivity contribution in [3.8, 4) is 0 Å². The molecule has 1 N–H and O–H groups in total. The zero-order valence-electron chi connectivity index (χ0n) is 15.4. The molecule has 3 rings (SSSR count). The summed E-state index contributed by atoms with van der Waals surface area (Å²) in [5.74, 6) is -2.00. The number of carbonyl (C=O) groups is 1. The lowest BCUT2D eigenvalue weighted by atomic mass is 9.97. The Bertz CT molecular complexity index is 981. The highest BCUT2D eigenvalue weighted by molar-refractivity contribution is 5.96. The van der Waals surface area contributed by atoms with Crippen LogP contribution < -0.4 is 5.32 Å². The van der Waals surface area contributed by atoms with Crippen molar-refractivity contribution >= 4 is 23.2 Å². The molecule has 146 valence electrons. The Labute approximate surface area is 167 Å². The van der Waals surface area contributed by atoms with Crippen molar-refractivity contribution in [2.75, 3.05) is 5.32 Å². The van der Waals surface area contributed by atoms with E-state index in [2.05, 4.69) is 0 Å². The number of alkyl halides is 3. The first kappa shape index (κ1) is 20.1. The number of hydrogen-bond donors (Lipinski definition) is 1. The van der Waals surface area contributed by atoms with Gasteiger partial charge < -0.3 is 5.32 Å². The number of amides is 1. The van der Waals surface area contributed by atoms with Crippen molar-refractivity contribution in [1.29, 1.82) is 0 Å². The molecule has 0 spiro atoms. The van der Waals surface area contributed by atoms with Crippen LogP contribution >= 0.6 is 0 Å². The molecule has 5 heteroatoms. The third kappa shape index (κ3) is 5.45. The van der Waals surface area contributed by atoms with Gasteiger partial charge in [-0.3, -0.25) is 4.79 Å². The number of anilines is 1. The van der Waals surface area contributed by atoms with E-state index in [9.17, 15) is 18.0 Å². The highest BCUT2D eigenvalue weighted by atomic mass is 19.4. The molecule has 29 heavy (non-hydrogen) atoms. The molecule has 0 unspecified atom stereocenters. The maximum Gasteiger partial charge on any atom is 0.471 e. The summed E-state index contributed by atoms with van der Waals surface area (Å²) in [6, 6.07) is 25.9. The third-order valence-electron chi connectivity index (χ3n) is 4.17. The van der Waals surface area contributed by atoms with Crippen LogP contribution in [-0.2, 0) is 4.79 Å². The van der Waals surface area contributed by atoms with Gasteiger partial charge in [-0.15, -0.1) is 0 Å². The average molecular weight is 393 g/mol. The van der Waals surface area contributed by atoms with Gasteiger partial charge in [0.1, 0.15) is 0 Å². The Kier molecular flexibility index (Phi) is 6.29. The van der Waals surface area contributed by atoms with Crippen molar-refractivity contribution in [1.82, 2.24) is 0 Å². The van der Waals surface area contributed by atoms with Crippen molar-refractivity contribution in [3.63, 3.8) is 0 Å². The molecule has 0 heterocycles. The van der Waals surface area contributed by atoms with E-state index in [0.717, 1.165) is 16.7 Å². The smallest absolute Gasteiger partial charge is 0.318 e. The number of allylic oxidation sites excluding steroid dienone is 2. The van der Waals surface area contributed by atoms with Crippen LogP contribution in [0.5, 0.6) is 0 Å². The second-order valence-electron chi connectivity index (χ2n) is 6.21. The van der Waals surface area contributed by atoms with Crippen molar-refractivity contribution < 1.29 is 18.0 Å². The highest BCUT2D eigenvalue weighted by Crippen LogP contribution is 2.25. The molecule has 0 aliphatic heterocycles. The van der Waals surface area contributed by atoms with Crippen LogP contribution in [0.2, 0.25) is 0 Å². The largest absolute Gasteiger partial charge is 0.471 e. The number of benzene rings is 3. The number of hydrogen-bond acceptors (Lipinski definition) is 1. The Morgan fingerprint density at radius 2 is 1.28 bits per heavy atom. The molecular weight excluding hydrogens is 375 g/mol. The molecule has 0 bridgehead atoms. The summed E-state index contributed by atoms with van der Waals surface area (Å²) in [5.41, 5.74) is 3.57. The van der Waals surface area contributed by atoms with Gasteiger partial charge >= 0.3 is 12.1 Å². The molecule has 0 saturated carbocycles. The molecule has 3 aromatic carbocycles. The standard InChI is InChI=1S/C24H18F3NO/c25-24(26,27)23(29)28-22-17-8-7-14-20(22)15-9-16-21(18-10-3-1-4-11-18)19-12-5-2-6-13-19/h1-17H,(H,28,29)/b15-9+. The van der Waals surface area contributed by atoms with E-state index in [1.165, 1.54) is 6.07 Å². The molecule has 0 aromatic heterocycles. The van der Waals surface area contributed by atoms with Gasteiger partial charge in [0.05, 0.1) is 0 Å². The van der Waals surface area contributed by atoms with Crippen LogP contribution in [0.15, 0.2) is 97.1 Å². The Hall–Kier alpha value is -3.60. The lowest BCUT2D eigenvalue weighted by Crippen LogP contribution is -2.30. The second kappa shape index (κ2) is 9.06. The lowest BCUT2D eigenvalue weighted by Gasteiger charge is -2.10. The maximum atomic E-state index is 12.6. The molecule has 1 amide bonds. The number of rotatable bonds is 5. The van der Waals surface area contributed by atoms with Crippen molar-refractivity contribution in [2.45, 2.75) is 6.18 Å². The SMILES string of the molecule is O=C(Nc1ccccc1/C=C/C=C(c1ccccc1)c1ccccc1)C(F)(F)F. The van der Waals surface area contributed by atoms with Crippen LogP contribution in [0.25, 0.3) is 11.6 Å². The first-order valence-corrected chi connectivity index (χ1v) is 8.91. The van der Waals surface area contributed by atoms with Crippen LogP contribution in [-0.4, -0.2) is 12.1 Å². The average Bonchev–Trinajstić information content (AvgIpc) is 2.73. The van der Waals surface area contributed by atoms with E-state index in [0.29, 0.717) is 5.56 Å². The van der Waals surface area contributed by atoms with E-state index < -0.39 is 12.1 Å². The predicted molar refractivity (Wildman–Crippen MR) is 110 cm³/mol. The van der Waals surface area contributed by atoms with Crippen LogP contribution in [0, 0.1) is 0 Å². The summed E-state index contributed by atoms with van der Waals surface area (Å²) >= 11 is 0. The summed E-state index contributed by atoms with van der Waals surface area (Å²) < 4.78 is 37.7. The van der Waals surface area contributed by atoms with Gasteiger partial charge in [-0.2, -0.15) is 13.2 Å². The fourth-order valence-corrected chi connectivity index (χ4v) is 2.79. The number of carbonyl (C=O) groups excluding carboxylic acids is 1. The summed E-state index contributed by atoms with van der Waals surface area (Å²) in [6.45, 7) is 0. The second-order valence-corrected chi connectivity index (χ2v) is 6.21. The van der Waals surface area contributed by atoms with Crippen molar-refractivity contribution in [2.24, 2.45) is 0 Å². The summed E-state index contributed by atoms with van der Waals surface area (Å²) in [4.78, 5) is 11.3. The first-order valence-electron chi connectivity index (χ1n) is 8.91. The first-order chi connectivity index (χ1) is 13.9. The normalized spacial score (nSPS) is 11.3. The Morgan fingerprint density at radius 3 is 1.83 bits per heavy atom. The van der Waals surface area contributed by atoms with Gasteiger partial charge in [0, 0.05) is 5.69 Å². The molecule has 0 saturated heterocycles. The molecule has 0 radical (unpaired) electrons. The van der Waals surface area contributed by atoms with Gasteiger partial charge in [0.25, 0.3) is 0 Å². The van der Waals surface area contributed by atoms with Gasteiger partial charge in [-0.1, -0.05) is 97.1 Å². The van der Waals surface area contributed by atoms with E-state index in [4.69, 9.17) is 0 Å². The van der Waals surface area contributed by atoms with E-state index >= 15 is 0 Å². The third-order valence-corrected chi connectivity index (χ3v) is 4.17. The molecule has 0 aliphatic rings. The topological polar surface area (TPSA) is 29.1 Å². The van der Waals surface area contributed by atoms with E-state index in [1.807, 2.05) is 72.1 Å². The molecule has 3 aromatic rings. The fourth-order valence-electron chi connectivity index (χ4n) is 2.79. The minimum Gasteiger partial charge on any atom is -0.318 e. The van der Waals surface area contributed by atoms with Crippen molar-refractivity contribution in [3.05, 3.63) is 114 Å². The van der Waals surface area contributed by atoms with Gasteiger partial charge in [-0.25, -0.2) is 0 Å². The Morgan fingerprint density at radius 1 is 0.759 bits per heavy atom. The zero-order chi connectivity index (χ0) is 20.7. The molecule has 2 nitrogen and oxygen atoms in total. The molecular formula is C24H18F3NO. The quantitative estimate of drug-likeness (QED) is 0.504. The summed E-state index contributed by atoms with van der Waals surface area (Å²) in [6.07, 6.45) is 0.378. The number of nitrogens with one attached hydrogen (secondary N) is 1. The molecule has 0 atom stereocenters. The summed E-state index contributed by atoms with van der Waals surface area (Å²) in [7, 11) is 0. The number of halogens is 3. The van der Waals surface area contributed by atoms with Crippen LogP contribution in [0.3, 0.4) is 0 Å². The minimum atomic E-state index is -4.94. The molecule has 0 aliphatic carbocycles. The van der Waals surface area contributed by atoms with Crippen LogP contribution in [0.1, 0.15) is 16.7 Å². The van der Waals surface area contributed by atoms with E-state index in [1.54, 1.807) is 30.4 Å². The Balaban J connectivity index is 1.92. The monoisotopic (exact) mass is 393 g/mol. The fraction of sp³-hybridized carbons (Fsp3) is 0.0417. The van der Waals surface area contributed by atoms with Gasteiger partial charge in [0.15, 0.2) is 0 Å². The maximum absolute atomic E-state index is 12.6. The highest BCUT2D eigenvalue weighted by Gasteiger charge is 2.38. The summed E-state index contributed by atoms with van der Waals surface area (Å²) in [5, 5.41) is 1.92. The lowest BCUT2D eigenvalue weighted by molar-refractivity contribution is -0.167. The van der Waals surface area contributed by atoms with Gasteiger partial charge in [0.2, 0.25) is 0 Å². The minimum absolute atomic E-state index is 0.0976. The van der Waals surface area contributed by atoms with Gasteiger partial charge in [-0.05, 0) is 28.3 Å². The van der Waals surface area contributed by atoms with E-state index in [-0.39, 0.29) is 5.69 Å². The zero-order valence-corrected chi connectivity index (χ0v) is 15.4. The predicted octanol–water partition coefficient (Wildman–Crippen LogP) is 6.33. The number of para-hydroxylation sites is 1. The molecule has 0 fully saturated rings. The van der Waals surface area contributed by atoms with Crippen LogP contribution in [0.4, 0.5) is 18.9 Å².